The molecule has 0 saturated carbocycles. The minimum Gasteiger partial charge on any atom is -0.320 e. The summed E-state index contributed by atoms with van der Waals surface area (Å²) < 4.78 is 0.993. The number of aryl methyl sites for hydroxylation is 2. The summed E-state index contributed by atoms with van der Waals surface area (Å²) in [6, 6.07) is 12.1. The number of halogens is 2. The summed E-state index contributed by atoms with van der Waals surface area (Å²) in [6.45, 7) is 4.36. The Hall–Kier alpha value is -0.830. The van der Waals surface area contributed by atoms with Crippen molar-refractivity contribution in [2.45, 2.75) is 32.7 Å². The summed E-state index contributed by atoms with van der Waals surface area (Å²) in [7, 11) is 0. The highest BCUT2D eigenvalue weighted by atomic mass is 79.9. The second kappa shape index (κ2) is 6.75. The van der Waals surface area contributed by atoms with Gasteiger partial charge in [0.25, 0.3) is 0 Å². The Morgan fingerprint density at radius 3 is 2.40 bits per heavy atom. The molecule has 0 aliphatic heterocycles. The molecule has 0 fully saturated rings. The van der Waals surface area contributed by atoms with Crippen LogP contribution in [0.25, 0.3) is 0 Å². The molecule has 0 heterocycles. The van der Waals surface area contributed by atoms with Crippen molar-refractivity contribution in [3.8, 4) is 0 Å². The van der Waals surface area contributed by atoms with Crippen molar-refractivity contribution >= 4 is 27.5 Å². The van der Waals surface area contributed by atoms with E-state index in [1.165, 1.54) is 11.1 Å². The zero-order valence-electron chi connectivity index (χ0n) is 11.8. The highest BCUT2D eigenvalue weighted by molar-refractivity contribution is 9.10. The first kappa shape index (κ1) is 15.6. The fourth-order valence-electron chi connectivity index (χ4n) is 2.45. The lowest BCUT2D eigenvalue weighted by Gasteiger charge is -2.17. The second-order valence-corrected chi connectivity index (χ2v) is 6.17. The van der Waals surface area contributed by atoms with Crippen molar-refractivity contribution in [3.05, 3.63) is 68.1 Å². The Morgan fingerprint density at radius 1 is 1.05 bits per heavy atom. The first-order valence-electron chi connectivity index (χ1n) is 6.89. The molecule has 2 aromatic carbocycles. The summed E-state index contributed by atoms with van der Waals surface area (Å²) in [5.74, 6) is 0. The molecule has 0 aromatic heterocycles. The average molecular weight is 353 g/mol. The van der Waals surface area contributed by atoms with E-state index in [-0.39, 0.29) is 6.04 Å². The highest BCUT2D eigenvalue weighted by Gasteiger charge is 2.14. The van der Waals surface area contributed by atoms with Gasteiger partial charge >= 0.3 is 0 Å². The third kappa shape index (κ3) is 3.25. The first-order chi connectivity index (χ1) is 9.56. The van der Waals surface area contributed by atoms with E-state index in [2.05, 4.69) is 48.0 Å². The Bertz CT molecular complexity index is 610. The van der Waals surface area contributed by atoms with Gasteiger partial charge in [-0.05, 0) is 53.3 Å². The van der Waals surface area contributed by atoms with Crippen LogP contribution >= 0.6 is 27.5 Å². The lowest BCUT2D eigenvalue weighted by Crippen LogP contribution is -2.13. The minimum atomic E-state index is -0.167. The van der Waals surface area contributed by atoms with Gasteiger partial charge in [-0.2, -0.15) is 0 Å². The molecule has 2 aromatic rings. The molecule has 0 radical (unpaired) electrons. The third-order valence-electron chi connectivity index (χ3n) is 3.64. The van der Waals surface area contributed by atoms with Crippen LogP contribution < -0.4 is 5.73 Å². The van der Waals surface area contributed by atoms with Crippen molar-refractivity contribution in [1.29, 1.82) is 0 Å². The van der Waals surface area contributed by atoms with Crippen molar-refractivity contribution in [1.82, 2.24) is 0 Å². The van der Waals surface area contributed by atoms with Crippen LogP contribution in [0, 0.1) is 0 Å². The Kier molecular flexibility index (Phi) is 5.25. The van der Waals surface area contributed by atoms with E-state index < -0.39 is 0 Å². The maximum Gasteiger partial charge on any atom is 0.0563 e. The Labute approximate surface area is 134 Å². The smallest absolute Gasteiger partial charge is 0.0563 e. The predicted octanol–water partition coefficient (Wildman–Crippen LogP) is 5.28. The number of benzene rings is 2. The van der Waals surface area contributed by atoms with Gasteiger partial charge in [0.15, 0.2) is 0 Å². The highest BCUT2D eigenvalue weighted by Crippen LogP contribution is 2.30. The van der Waals surface area contributed by atoms with Gasteiger partial charge in [-0.15, -0.1) is 0 Å². The zero-order chi connectivity index (χ0) is 14.7. The van der Waals surface area contributed by atoms with E-state index in [1.807, 2.05) is 18.2 Å². The van der Waals surface area contributed by atoms with Crippen LogP contribution in [0.2, 0.25) is 5.02 Å². The number of rotatable bonds is 4. The van der Waals surface area contributed by atoms with E-state index in [9.17, 15) is 0 Å². The van der Waals surface area contributed by atoms with Crippen LogP contribution in [0.4, 0.5) is 0 Å². The summed E-state index contributed by atoms with van der Waals surface area (Å²) in [4.78, 5) is 0. The van der Waals surface area contributed by atoms with Crippen LogP contribution in [0.1, 0.15) is 42.1 Å². The normalized spacial score (nSPS) is 12.4. The Morgan fingerprint density at radius 2 is 1.75 bits per heavy atom. The molecule has 20 heavy (non-hydrogen) atoms. The standard InChI is InChI=1S/C17H19BrClN/c1-3-11-5-6-13(9-12(11)4-2)17(20)15-10-14(19)7-8-16(15)18/h5-10,17H,3-4,20H2,1-2H3. The molecule has 1 nitrogen and oxygen atoms in total. The molecule has 2 rings (SSSR count). The zero-order valence-corrected chi connectivity index (χ0v) is 14.1. The molecule has 106 valence electrons. The van der Waals surface area contributed by atoms with Crippen molar-refractivity contribution in [2.75, 3.05) is 0 Å². The summed E-state index contributed by atoms with van der Waals surface area (Å²) in [6.07, 6.45) is 2.08. The molecular weight excluding hydrogens is 334 g/mol. The van der Waals surface area contributed by atoms with Gasteiger partial charge in [0, 0.05) is 9.50 Å². The van der Waals surface area contributed by atoms with Crippen LogP contribution in [-0.2, 0) is 12.8 Å². The van der Waals surface area contributed by atoms with Gasteiger partial charge in [-0.1, -0.05) is 59.6 Å². The van der Waals surface area contributed by atoms with Gasteiger partial charge in [0.05, 0.1) is 6.04 Å². The summed E-state index contributed by atoms with van der Waals surface area (Å²) >= 11 is 9.63. The lowest BCUT2D eigenvalue weighted by atomic mass is 9.94. The fourth-order valence-corrected chi connectivity index (χ4v) is 3.12. The monoisotopic (exact) mass is 351 g/mol. The van der Waals surface area contributed by atoms with Crippen LogP contribution in [0.15, 0.2) is 40.9 Å². The largest absolute Gasteiger partial charge is 0.320 e. The molecule has 0 aliphatic rings. The van der Waals surface area contributed by atoms with Crippen molar-refractivity contribution in [3.63, 3.8) is 0 Å². The lowest BCUT2D eigenvalue weighted by molar-refractivity contribution is 0.858. The van der Waals surface area contributed by atoms with E-state index in [1.54, 1.807) is 0 Å². The molecule has 3 heteroatoms. The molecule has 1 atom stereocenters. The quantitative estimate of drug-likeness (QED) is 0.796. The van der Waals surface area contributed by atoms with Crippen molar-refractivity contribution in [2.24, 2.45) is 5.73 Å². The van der Waals surface area contributed by atoms with Crippen molar-refractivity contribution < 1.29 is 0 Å². The van der Waals surface area contributed by atoms with Crippen LogP contribution in [0.5, 0.6) is 0 Å². The van der Waals surface area contributed by atoms with E-state index in [4.69, 9.17) is 17.3 Å². The summed E-state index contributed by atoms with van der Waals surface area (Å²) in [5, 5.41) is 0.708. The third-order valence-corrected chi connectivity index (χ3v) is 4.60. The van der Waals surface area contributed by atoms with E-state index in [0.29, 0.717) is 5.02 Å². The molecule has 0 aliphatic carbocycles. The number of nitrogens with two attached hydrogens (primary N) is 1. The molecule has 0 spiro atoms. The second-order valence-electron chi connectivity index (χ2n) is 4.88. The van der Waals surface area contributed by atoms with E-state index in [0.717, 1.165) is 28.4 Å². The Balaban J connectivity index is 2.42. The number of hydrogen-bond acceptors (Lipinski definition) is 1. The molecule has 1 unspecified atom stereocenters. The van der Waals surface area contributed by atoms with Gasteiger partial charge in [0.2, 0.25) is 0 Å². The van der Waals surface area contributed by atoms with Crippen LogP contribution in [0.3, 0.4) is 0 Å². The first-order valence-corrected chi connectivity index (χ1v) is 8.06. The average Bonchev–Trinajstić information content (AvgIpc) is 2.48. The van der Waals surface area contributed by atoms with Gasteiger partial charge in [0.1, 0.15) is 0 Å². The number of hydrogen-bond donors (Lipinski definition) is 1. The predicted molar refractivity (Wildman–Crippen MR) is 90.4 cm³/mol. The molecule has 2 N–H and O–H groups in total. The van der Waals surface area contributed by atoms with Gasteiger partial charge in [-0.3, -0.25) is 0 Å². The van der Waals surface area contributed by atoms with Crippen LogP contribution in [-0.4, -0.2) is 0 Å². The summed E-state index contributed by atoms with van der Waals surface area (Å²) in [5.41, 5.74) is 11.3. The van der Waals surface area contributed by atoms with Gasteiger partial charge in [-0.25, -0.2) is 0 Å². The molecule has 0 amide bonds. The van der Waals surface area contributed by atoms with E-state index >= 15 is 0 Å². The molecule has 0 bridgehead atoms. The molecular formula is C17H19BrClN. The molecule has 0 saturated heterocycles. The maximum absolute atomic E-state index is 6.41. The fraction of sp³-hybridized carbons (Fsp3) is 0.294. The minimum absolute atomic E-state index is 0.167. The van der Waals surface area contributed by atoms with Gasteiger partial charge < -0.3 is 5.73 Å². The topological polar surface area (TPSA) is 26.0 Å². The SMILES string of the molecule is CCc1ccc(C(N)c2cc(Cl)ccc2Br)cc1CC. The maximum atomic E-state index is 6.41.